The number of allylic oxidation sites excluding steroid dienone is 1. The molecule has 0 saturated heterocycles. The van der Waals surface area contributed by atoms with E-state index in [0.29, 0.717) is 5.75 Å². The van der Waals surface area contributed by atoms with Gasteiger partial charge in [-0.2, -0.15) is 0 Å². The van der Waals surface area contributed by atoms with Gasteiger partial charge in [0.15, 0.2) is 0 Å². The number of hydrogen-bond donors (Lipinski definition) is 3. The molecule has 176 valence electrons. The van der Waals surface area contributed by atoms with Gasteiger partial charge in [-0.3, -0.25) is 0 Å². The highest BCUT2D eigenvalue weighted by atomic mass is 32.2. The molecule has 0 bridgehead atoms. The molecule has 0 spiro atoms. The summed E-state index contributed by atoms with van der Waals surface area (Å²) in [6, 6.07) is 12.6. The smallest absolute Gasteiger partial charge is 0.0685 e. The molecule has 2 rings (SSSR count). The predicted molar refractivity (Wildman–Crippen MR) is 137 cm³/mol. The maximum absolute atomic E-state index is 10.2. The number of rotatable bonds is 12. The first kappa shape index (κ1) is 26.7. The number of hydrogen-bond acceptors (Lipinski definition) is 4. The van der Waals surface area contributed by atoms with Crippen LogP contribution in [0.4, 0.5) is 0 Å². The highest BCUT2D eigenvalue weighted by molar-refractivity contribution is 7.99. The van der Waals surface area contributed by atoms with Gasteiger partial charge in [-0.1, -0.05) is 71.0 Å². The van der Waals surface area contributed by atoms with Gasteiger partial charge in [0, 0.05) is 16.1 Å². The largest absolute Gasteiger partial charge is 0.392 e. The van der Waals surface area contributed by atoms with Crippen LogP contribution in [0.5, 0.6) is 0 Å². The molecule has 32 heavy (non-hydrogen) atoms. The summed E-state index contributed by atoms with van der Waals surface area (Å²) in [6.45, 7) is 10.6. The van der Waals surface area contributed by atoms with Gasteiger partial charge in [0.2, 0.25) is 0 Å². The van der Waals surface area contributed by atoms with Crippen LogP contribution in [0.15, 0.2) is 47.4 Å². The minimum absolute atomic E-state index is 0.0634. The normalized spacial score (nSPS) is 13.3. The summed E-state index contributed by atoms with van der Waals surface area (Å²) in [5.41, 5.74) is 5.15. The molecule has 0 aliphatic rings. The summed E-state index contributed by atoms with van der Waals surface area (Å²) in [4.78, 5) is 1.26. The summed E-state index contributed by atoms with van der Waals surface area (Å²) in [7, 11) is 0. The van der Waals surface area contributed by atoms with Gasteiger partial charge in [0.05, 0.1) is 19.3 Å². The van der Waals surface area contributed by atoms with Gasteiger partial charge >= 0.3 is 0 Å². The Kier molecular flexibility index (Phi) is 10.5. The van der Waals surface area contributed by atoms with Crippen molar-refractivity contribution < 1.29 is 15.3 Å². The highest BCUT2D eigenvalue weighted by Gasteiger charge is 2.26. The lowest BCUT2D eigenvalue weighted by atomic mass is 9.75. The fourth-order valence-corrected chi connectivity index (χ4v) is 5.26. The van der Waals surface area contributed by atoms with E-state index in [4.69, 9.17) is 0 Å². The third kappa shape index (κ3) is 6.48. The molecule has 3 nitrogen and oxygen atoms in total. The third-order valence-corrected chi connectivity index (χ3v) is 7.84. The fourth-order valence-electron chi connectivity index (χ4n) is 3.97. The Morgan fingerprint density at radius 2 is 1.59 bits per heavy atom. The lowest BCUT2D eigenvalue weighted by molar-refractivity contribution is 0.149. The number of benzene rings is 2. The highest BCUT2D eigenvalue weighted by Crippen LogP contribution is 2.37. The van der Waals surface area contributed by atoms with Crippen molar-refractivity contribution >= 4 is 17.8 Å². The van der Waals surface area contributed by atoms with Crippen LogP contribution in [0, 0.1) is 5.92 Å². The first-order chi connectivity index (χ1) is 15.3. The van der Waals surface area contributed by atoms with Crippen LogP contribution < -0.4 is 0 Å². The van der Waals surface area contributed by atoms with E-state index in [1.165, 1.54) is 16.0 Å². The molecule has 0 aromatic heterocycles. The molecule has 4 heteroatoms. The second kappa shape index (κ2) is 12.6. The molecule has 3 N–H and O–H groups in total. The average molecular weight is 457 g/mol. The molecular weight excluding hydrogens is 416 g/mol. The Hall–Kier alpha value is -1.59. The maximum Gasteiger partial charge on any atom is 0.0685 e. The summed E-state index contributed by atoms with van der Waals surface area (Å²) in [6.07, 6.45) is 7.09. The Bertz CT molecular complexity index is 884. The quantitative estimate of drug-likeness (QED) is 0.337. The van der Waals surface area contributed by atoms with E-state index in [0.717, 1.165) is 36.0 Å². The van der Waals surface area contributed by atoms with Crippen LogP contribution in [-0.2, 0) is 25.0 Å². The second-order valence-corrected chi connectivity index (χ2v) is 9.90. The lowest BCUT2D eigenvalue weighted by Crippen LogP contribution is -2.22. The van der Waals surface area contributed by atoms with Crippen molar-refractivity contribution in [1.29, 1.82) is 0 Å². The van der Waals surface area contributed by atoms with Crippen molar-refractivity contribution in [2.45, 2.75) is 83.5 Å². The molecule has 0 aliphatic carbocycles. The summed E-state index contributed by atoms with van der Waals surface area (Å²) in [5.74, 6) is 0.982. The van der Waals surface area contributed by atoms with Crippen LogP contribution in [0.3, 0.4) is 0 Å². The van der Waals surface area contributed by atoms with Crippen molar-refractivity contribution in [1.82, 2.24) is 0 Å². The molecule has 0 radical (unpaired) electrons. The predicted octanol–water partition coefficient (Wildman–Crippen LogP) is 6.11. The minimum Gasteiger partial charge on any atom is -0.392 e. The molecule has 2 aromatic carbocycles. The molecule has 1 unspecified atom stereocenters. The first-order valence-corrected chi connectivity index (χ1v) is 12.8. The van der Waals surface area contributed by atoms with E-state index >= 15 is 0 Å². The number of aliphatic hydroxyl groups is 3. The molecule has 0 amide bonds. The molecular formula is C28H40O3S. The van der Waals surface area contributed by atoms with Crippen molar-refractivity contribution in [3.05, 3.63) is 70.3 Å². The Morgan fingerprint density at radius 3 is 2.16 bits per heavy atom. The van der Waals surface area contributed by atoms with Crippen LogP contribution >= 0.6 is 11.8 Å². The topological polar surface area (TPSA) is 60.7 Å². The van der Waals surface area contributed by atoms with E-state index in [-0.39, 0.29) is 30.7 Å². The van der Waals surface area contributed by atoms with E-state index in [9.17, 15) is 15.3 Å². The SMILES string of the molecule is CCc1cc(C(/C=C/c2ccc(CO)c(CO)c2)(CC)CC)ccc1SCC(O)C(C)C. The van der Waals surface area contributed by atoms with Gasteiger partial charge in [0.25, 0.3) is 0 Å². The van der Waals surface area contributed by atoms with Crippen LogP contribution in [-0.4, -0.2) is 27.2 Å². The first-order valence-electron chi connectivity index (χ1n) is 11.8. The number of thioether (sulfide) groups is 1. The van der Waals surface area contributed by atoms with Gasteiger partial charge < -0.3 is 15.3 Å². The Labute approximate surface area is 198 Å². The summed E-state index contributed by atoms with van der Waals surface area (Å²) < 4.78 is 0. The molecule has 0 heterocycles. The van der Waals surface area contributed by atoms with E-state index in [2.05, 4.69) is 65.0 Å². The standard InChI is InChI=1S/C28H40O3S/c1-6-22-16-25(11-12-27(22)32-19-26(31)20(4)5)28(7-2,8-3)14-13-21-9-10-23(17-29)24(15-21)18-30/h9-16,20,26,29-31H,6-8,17-19H2,1-5H3/b14-13+. The van der Waals surface area contributed by atoms with E-state index in [1.54, 1.807) is 11.8 Å². The van der Waals surface area contributed by atoms with Crippen LogP contribution in [0.1, 0.15) is 75.3 Å². The molecule has 1 atom stereocenters. The van der Waals surface area contributed by atoms with Gasteiger partial charge in [-0.05, 0) is 65.1 Å². The van der Waals surface area contributed by atoms with E-state index in [1.807, 2.05) is 18.2 Å². The minimum atomic E-state index is -0.293. The van der Waals surface area contributed by atoms with Gasteiger partial charge in [-0.25, -0.2) is 0 Å². The zero-order valence-corrected chi connectivity index (χ0v) is 21.1. The third-order valence-electron chi connectivity index (χ3n) is 6.62. The lowest BCUT2D eigenvalue weighted by Gasteiger charge is -2.30. The van der Waals surface area contributed by atoms with Gasteiger partial charge in [-0.15, -0.1) is 11.8 Å². The molecule has 0 aliphatic heterocycles. The Morgan fingerprint density at radius 1 is 0.906 bits per heavy atom. The maximum atomic E-state index is 10.2. The van der Waals surface area contributed by atoms with Crippen molar-refractivity contribution in [3.8, 4) is 0 Å². The van der Waals surface area contributed by atoms with Crippen molar-refractivity contribution in [2.75, 3.05) is 5.75 Å². The van der Waals surface area contributed by atoms with Crippen molar-refractivity contribution in [2.24, 2.45) is 5.92 Å². The Balaban J connectivity index is 2.35. The average Bonchev–Trinajstić information content (AvgIpc) is 2.83. The molecule has 0 saturated carbocycles. The van der Waals surface area contributed by atoms with Crippen LogP contribution in [0.25, 0.3) is 6.08 Å². The van der Waals surface area contributed by atoms with E-state index < -0.39 is 0 Å². The summed E-state index contributed by atoms with van der Waals surface area (Å²) >= 11 is 1.75. The molecule has 0 fully saturated rings. The zero-order valence-electron chi connectivity index (χ0n) is 20.3. The molecule has 2 aromatic rings. The van der Waals surface area contributed by atoms with Crippen LogP contribution in [0.2, 0.25) is 0 Å². The van der Waals surface area contributed by atoms with Crippen molar-refractivity contribution in [3.63, 3.8) is 0 Å². The van der Waals surface area contributed by atoms with Gasteiger partial charge in [0.1, 0.15) is 0 Å². The summed E-state index contributed by atoms with van der Waals surface area (Å²) in [5, 5.41) is 29.3. The zero-order chi connectivity index (χ0) is 23.7. The number of aliphatic hydroxyl groups excluding tert-OH is 3. The fraction of sp³-hybridized carbons (Fsp3) is 0.500. The second-order valence-electron chi connectivity index (χ2n) is 8.84. The number of aryl methyl sites for hydroxylation is 1. The monoisotopic (exact) mass is 456 g/mol.